The molecule has 0 aliphatic carbocycles. The van der Waals surface area contributed by atoms with Gasteiger partial charge < -0.3 is 10.6 Å². The van der Waals surface area contributed by atoms with Gasteiger partial charge in [-0.05, 0) is 25.5 Å². The van der Waals surface area contributed by atoms with E-state index in [1.165, 1.54) is 0 Å². The van der Waals surface area contributed by atoms with Gasteiger partial charge in [-0.25, -0.2) is 0 Å². The van der Waals surface area contributed by atoms with Crippen molar-refractivity contribution >= 4 is 23.2 Å². The smallest absolute Gasteiger partial charge is 0.221 e. The Bertz CT molecular complexity index is 368. The summed E-state index contributed by atoms with van der Waals surface area (Å²) in [5.74, 6) is 0.0684. The van der Waals surface area contributed by atoms with Crippen LogP contribution in [0.5, 0.6) is 0 Å². The summed E-state index contributed by atoms with van der Waals surface area (Å²) in [6.45, 7) is 4.64. The maximum Gasteiger partial charge on any atom is 0.221 e. The summed E-state index contributed by atoms with van der Waals surface area (Å²) in [6, 6.07) is 7.75. The molecule has 0 bridgehead atoms. The fourth-order valence-electron chi connectivity index (χ4n) is 1.36. The first kappa shape index (κ1) is 13.8. The van der Waals surface area contributed by atoms with Crippen molar-refractivity contribution in [3.8, 4) is 0 Å². The number of hydrogen-bond acceptors (Lipinski definition) is 2. The Hall–Kier alpha value is -1.22. The standard InChI is InChI=1S/C13H19ClN2O/c1-3-10(2)16-13(17)8-9-15-12-7-5-4-6-11(12)14/h4-7,10,15H,3,8-9H2,1-2H3,(H,16,17). The number of carbonyl (C=O) groups is 1. The number of carbonyl (C=O) groups excluding carboxylic acids is 1. The molecule has 0 radical (unpaired) electrons. The first-order chi connectivity index (χ1) is 8.13. The molecule has 17 heavy (non-hydrogen) atoms. The van der Waals surface area contributed by atoms with Crippen molar-refractivity contribution < 1.29 is 4.79 Å². The zero-order chi connectivity index (χ0) is 12.7. The Morgan fingerprint density at radius 1 is 1.41 bits per heavy atom. The van der Waals surface area contributed by atoms with Crippen LogP contribution in [-0.2, 0) is 4.79 Å². The lowest BCUT2D eigenvalue weighted by atomic mass is 10.2. The molecule has 1 rings (SSSR count). The monoisotopic (exact) mass is 254 g/mol. The number of hydrogen-bond donors (Lipinski definition) is 2. The molecule has 0 aromatic heterocycles. The summed E-state index contributed by atoms with van der Waals surface area (Å²) in [4.78, 5) is 11.5. The number of nitrogens with one attached hydrogen (secondary N) is 2. The van der Waals surface area contributed by atoms with Gasteiger partial charge in [0.05, 0.1) is 10.7 Å². The molecule has 0 heterocycles. The Balaban J connectivity index is 2.29. The summed E-state index contributed by atoms with van der Waals surface area (Å²) >= 11 is 5.98. The van der Waals surface area contributed by atoms with E-state index in [-0.39, 0.29) is 11.9 Å². The van der Waals surface area contributed by atoms with Crippen LogP contribution in [0.3, 0.4) is 0 Å². The summed E-state index contributed by atoms with van der Waals surface area (Å²) in [5, 5.41) is 6.74. The molecule has 0 saturated heterocycles. The van der Waals surface area contributed by atoms with Gasteiger partial charge in [-0.1, -0.05) is 30.7 Å². The maximum absolute atomic E-state index is 11.5. The van der Waals surface area contributed by atoms with Crippen molar-refractivity contribution in [3.63, 3.8) is 0 Å². The molecule has 1 unspecified atom stereocenters. The molecule has 3 nitrogen and oxygen atoms in total. The Kier molecular flexibility index (Phi) is 5.84. The van der Waals surface area contributed by atoms with E-state index in [4.69, 9.17) is 11.6 Å². The highest BCUT2D eigenvalue weighted by atomic mass is 35.5. The molecule has 1 aromatic rings. The van der Waals surface area contributed by atoms with Gasteiger partial charge in [-0.15, -0.1) is 0 Å². The summed E-state index contributed by atoms with van der Waals surface area (Å²) in [5.41, 5.74) is 0.866. The molecule has 4 heteroatoms. The van der Waals surface area contributed by atoms with E-state index in [1.807, 2.05) is 38.1 Å². The molecule has 2 N–H and O–H groups in total. The van der Waals surface area contributed by atoms with E-state index in [1.54, 1.807) is 0 Å². The van der Waals surface area contributed by atoms with Gasteiger partial charge in [-0.3, -0.25) is 4.79 Å². The predicted molar refractivity (Wildman–Crippen MR) is 72.5 cm³/mol. The van der Waals surface area contributed by atoms with Crippen molar-refractivity contribution in [3.05, 3.63) is 29.3 Å². The molecule has 1 amide bonds. The average molecular weight is 255 g/mol. The number of benzene rings is 1. The van der Waals surface area contributed by atoms with E-state index >= 15 is 0 Å². The second-order valence-electron chi connectivity index (χ2n) is 4.03. The van der Waals surface area contributed by atoms with Crippen LogP contribution in [0.1, 0.15) is 26.7 Å². The highest BCUT2D eigenvalue weighted by Gasteiger charge is 2.05. The van der Waals surface area contributed by atoms with E-state index < -0.39 is 0 Å². The first-order valence-electron chi connectivity index (χ1n) is 5.91. The largest absolute Gasteiger partial charge is 0.383 e. The van der Waals surface area contributed by atoms with Gasteiger partial charge in [0.15, 0.2) is 0 Å². The SMILES string of the molecule is CCC(C)NC(=O)CCNc1ccccc1Cl. The quantitative estimate of drug-likeness (QED) is 0.819. The number of rotatable bonds is 6. The van der Waals surface area contributed by atoms with E-state index in [2.05, 4.69) is 10.6 Å². The molecule has 1 atom stereocenters. The average Bonchev–Trinajstić information content (AvgIpc) is 2.31. The molecule has 0 spiro atoms. The normalized spacial score (nSPS) is 11.9. The van der Waals surface area contributed by atoms with E-state index in [0.29, 0.717) is 18.0 Å². The molecule has 94 valence electrons. The molecule has 0 aliphatic rings. The Morgan fingerprint density at radius 2 is 2.12 bits per heavy atom. The summed E-state index contributed by atoms with van der Waals surface area (Å²) in [6.07, 6.45) is 1.40. The van der Waals surface area contributed by atoms with Crippen LogP contribution < -0.4 is 10.6 Å². The van der Waals surface area contributed by atoms with Gasteiger partial charge in [-0.2, -0.15) is 0 Å². The Morgan fingerprint density at radius 3 is 2.76 bits per heavy atom. The van der Waals surface area contributed by atoms with Crippen LogP contribution in [0.2, 0.25) is 5.02 Å². The molecular weight excluding hydrogens is 236 g/mol. The minimum atomic E-state index is 0.0684. The number of halogens is 1. The van der Waals surface area contributed by atoms with E-state index in [0.717, 1.165) is 12.1 Å². The van der Waals surface area contributed by atoms with Crippen molar-refractivity contribution in [2.75, 3.05) is 11.9 Å². The van der Waals surface area contributed by atoms with E-state index in [9.17, 15) is 4.79 Å². The van der Waals surface area contributed by atoms with Crippen molar-refractivity contribution in [1.29, 1.82) is 0 Å². The fraction of sp³-hybridized carbons (Fsp3) is 0.462. The first-order valence-corrected chi connectivity index (χ1v) is 6.29. The van der Waals surface area contributed by atoms with Crippen LogP contribution >= 0.6 is 11.6 Å². The van der Waals surface area contributed by atoms with Crippen molar-refractivity contribution in [2.45, 2.75) is 32.7 Å². The fourth-order valence-corrected chi connectivity index (χ4v) is 1.57. The van der Waals surface area contributed by atoms with Crippen LogP contribution in [0.4, 0.5) is 5.69 Å². The molecular formula is C13H19ClN2O. The van der Waals surface area contributed by atoms with Crippen LogP contribution in [-0.4, -0.2) is 18.5 Å². The van der Waals surface area contributed by atoms with Crippen molar-refractivity contribution in [2.24, 2.45) is 0 Å². The highest BCUT2D eigenvalue weighted by Crippen LogP contribution is 2.19. The number of para-hydroxylation sites is 1. The third kappa shape index (κ3) is 5.09. The number of anilines is 1. The predicted octanol–water partition coefficient (Wildman–Crippen LogP) is 3.06. The Labute approximate surface area is 108 Å². The second-order valence-corrected chi connectivity index (χ2v) is 4.44. The third-order valence-electron chi connectivity index (χ3n) is 2.56. The molecule has 1 aromatic carbocycles. The number of amides is 1. The maximum atomic E-state index is 11.5. The topological polar surface area (TPSA) is 41.1 Å². The van der Waals surface area contributed by atoms with Crippen LogP contribution in [0, 0.1) is 0 Å². The van der Waals surface area contributed by atoms with Crippen molar-refractivity contribution in [1.82, 2.24) is 5.32 Å². The summed E-state index contributed by atoms with van der Waals surface area (Å²) < 4.78 is 0. The van der Waals surface area contributed by atoms with Gasteiger partial charge in [0.25, 0.3) is 0 Å². The molecule has 0 fully saturated rings. The zero-order valence-corrected chi connectivity index (χ0v) is 11.1. The molecule has 0 saturated carbocycles. The summed E-state index contributed by atoms with van der Waals surface area (Å²) in [7, 11) is 0. The van der Waals surface area contributed by atoms with Gasteiger partial charge in [0.1, 0.15) is 0 Å². The second kappa shape index (κ2) is 7.17. The molecule has 0 aliphatic heterocycles. The lowest BCUT2D eigenvalue weighted by Gasteiger charge is -2.12. The minimum Gasteiger partial charge on any atom is -0.383 e. The van der Waals surface area contributed by atoms with Crippen LogP contribution in [0.15, 0.2) is 24.3 Å². The van der Waals surface area contributed by atoms with Gasteiger partial charge in [0, 0.05) is 19.0 Å². The lowest BCUT2D eigenvalue weighted by Crippen LogP contribution is -2.32. The van der Waals surface area contributed by atoms with Gasteiger partial charge >= 0.3 is 0 Å². The minimum absolute atomic E-state index is 0.0684. The highest BCUT2D eigenvalue weighted by molar-refractivity contribution is 6.33. The van der Waals surface area contributed by atoms with Crippen LogP contribution in [0.25, 0.3) is 0 Å². The third-order valence-corrected chi connectivity index (χ3v) is 2.89. The van der Waals surface area contributed by atoms with Gasteiger partial charge in [0.2, 0.25) is 5.91 Å². The lowest BCUT2D eigenvalue weighted by molar-refractivity contribution is -0.121. The zero-order valence-electron chi connectivity index (χ0n) is 10.3.